The van der Waals surface area contributed by atoms with Gasteiger partial charge in [-0.05, 0) is 38.9 Å². The van der Waals surface area contributed by atoms with Crippen LogP contribution in [-0.2, 0) is 6.54 Å². The number of hydrogen-bond acceptors (Lipinski definition) is 4. The standard InChI is InChI=1S/C15H26N4/c1-15(2,19-11-9-16-10-12-19)6-8-17-13-14-5-3-4-7-18-14/h3-5,7,16-17H,6,8-13H2,1-2H3. The summed E-state index contributed by atoms with van der Waals surface area (Å²) >= 11 is 0. The van der Waals surface area contributed by atoms with Crippen molar-refractivity contribution in [2.75, 3.05) is 32.7 Å². The van der Waals surface area contributed by atoms with E-state index in [4.69, 9.17) is 0 Å². The molecular weight excluding hydrogens is 236 g/mol. The first-order chi connectivity index (χ1) is 9.18. The Morgan fingerprint density at radius 3 is 2.79 bits per heavy atom. The fraction of sp³-hybridized carbons (Fsp3) is 0.667. The molecule has 1 aliphatic heterocycles. The van der Waals surface area contributed by atoms with Gasteiger partial charge in [0.05, 0.1) is 5.69 Å². The van der Waals surface area contributed by atoms with Crippen LogP contribution in [0.3, 0.4) is 0 Å². The lowest BCUT2D eigenvalue weighted by molar-refractivity contribution is 0.0955. The molecule has 19 heavy (non-hydrogen) atoms. The van der Waals surface area contributed by atoms with Crippen LogP contribution in [0.5, 0.6) is 0 Å². The fourth-order valence-corrected chi connectivity index (χ4v) is 2.54. The fourth-order valence-electron chi connectivity index (χ4n) is 2.54. The van der Waals surface area contributed by atoms with E-state index in [9.17, 15) is 0 Å². The number of aromatic nitrogens is 1. The van der Waals surface area contributed by atoms with Crippen molar-refractivity contribution in [3.8, 4) is 0 Å². The molecule has 0 aromatic carbocycles. The minimum absolute atomic E-state index is 0.277. The van der Waals surface area contributed by atoms with Gasteiger partial charge in [0.2, 0.25) is 0 Å². The lowest BCUT2D eigenvalue weighted by Crippen LogP contribution is -2.54. The molecular formula is C15H26N4. The summed E-state index contributed by atoms with van der Waals surface area (Å²) in [4.78, 5) is 6.91. The molecule has 4 nitrogen and oxygen atoms in total. The first kappa shape index (κ1) is 14.4. The van der Waals surface area contributed by atoms with Crippen LogP contribution in [0.25, 0.3) is 0 Å². The van der Waals surface area contributed by atoms with E-state index in [1.54, 1.807) is 0 Å². The molecule has 0 spiro atoms. The molecule has 2 N–H and O–H groups in total. The van der Waals surface area contributed by atoms with Crippen LogP contribution in [-0.4, -0.2) is 48.1 Å². The van der Waals surface area contributed by atoms with Gasteiger partial charge in [-0.25, -0.2) is 0 Å². The molecule has 0 bridgehead atoms. The zero-order chi connectivity index (χ0) is 13.6. The molecule has 0 unspecified atom stereocenters. The highest BCUT2D eigenvalue weighted by molar-refractivity contribution is 5.02. The van der Waals surface area contributed by atoms with Gasteiger partial charge >= 0.3 is 0 Å². The zero-order valence-electron chi connectivity index (χ0n) is 12.2. The number of nitrogens with zero attached hydrogens (tertiary/aromatic N) is 2. The Labute approximate surface area is 116 Å². The van der Waals surface area contributed by atoms with Crippen molar-refractivity contribution in [2.24, 2.45) is 0 Å². The van der Waals surface area contributed by atoms with Gasteiger partial charge in [-0.1, -0.05) is 6.07 Å². The summed E-state index contributed by atoms with van der Waals surface area (Å²) in [6.07, 6.45) is 3.02. The molecule has 0 radical (unpaired) electrons. The molecule has 0 atom stereocenters. The molecule has 0 saturated carbocycles. The minimum Gasteiger partial charge on any atom is -0.314 e. The van der Waals surface area contributed by atoms with E-state index in [1.165, 1.54) is 6.42 Å². The predicted molar refractivity (Wildman–Crippen MR) is 79.1 cm³/mol. The highest BCUT2D eigenvalue weighted by Gasteiger charge is 2.26. The number of hydrogen-bond donors (Lipinski definition) is 2. The molecule has 2 rings (SSSR count). The maximum Gasteiger partial charge on any atom is 0.0541 e. The van der Waals surface area contributed by atoms with Crippen LogP contribution in [0.4, 0.5) is 0 Å². The summed E-state index contributed by atoms with van der Waals surface area (Å²) < 4.78 is 0. The second-order valence-electron chi connectivity index (χ2n) is 5.80. The van der Waals surface area contributed by atoms with Crippen LogP contribution >= 0.6 is 0 Å². The topological polar surface area (TPSA) is 40.2 Å². The largest absolute Gasteiger partial charge is 0.314 e. The molecule has 1 aliphatic rings. The molecule has 1 aromatic heterocycles. The maximum atomic E-state index is 4.32. The lowest BCUT2D eigenvalue weighted by atomic mass is 9.97. The first-order valence-electron chi connectivity index (χ1n) is 7.25. The van der Waals surface area contributed by atoms with E-state index < -0.39 is 0 Å². The SMILES string of the molecule is CC(C)(CCNCc1ccccn1)N1CCNCC1. The lowest BCUT2D eigenvalue weighted by Gasteiger charge is -2.41. The van der Waals surface area contributed by atoms with Gasteiger partial charge in [-0.15, -0.1) is 0 Å². The second kappa shape index (κ2) is 6.98. The van der Waals surface area contributed by atoms with E-state index >= 15 is 0 Å². The van der Waals surface area contributed by atoms with E-state index in [1.807, 2.05) is 18.3 Å². The van der Waals surface area contributed by atoms with Crippen LogP contribution in [0.2, 0.25) is 0 Å². The minimum atomic E-state index is 0.277. The Balaban J connectivity index is 1.69. The van der Waals surface area contributed by atoms with E-state index in [2.05, 4.69) is 40.4 Å². The van der Waals surface area contributed by atoms with Crippen molar-refractivity contribution in [3.05, 3.63) is 30.1 Å². The summed E-state index contributed by atoms with van der Waals surface area (Å²) in [6.45, 7) is 11.1. The van der Waals surface area contributed by atoms with E-state index in [-0.39, 0.29) is 5.54 Å². The third-order valence-electron chi connectivity index (χ3n) is 3.92. The van der Waals surface area contributed by atoms with Crippen molar-refractivity contribution in [1.29, 1.82) is 0 Å². The van der Waals surface area contributed by atoms with Crippen molar-refractivity contribution in [2.45, 2.75) is 32.4 Å². The summed E-state index contributed by atoms with van der Waals surface area (Å²) in [5.41, 5.74) is 1.39. The second-order valence-corrected chi connectivity index (χ2v) is 5.80. The summed E-state index contributed by atoms with van der Waals surface area (Å²) in [5, 5.41) is 6.90. The summed E-state index contributed by atoms with van der Waals surface area (Å²) in [5.74, 6) is 0. The Kier molecular flexibility index (Phi) is 5.31. The van der Waals surface area contributed by atoms with Crippen molar-refractivity contribution in [1.82, 2.24) is 20.5 Å². The number of piperazine rings is 1. The molecule has 0 amide bonds. The van der Waals surface area contributed by atoms with Gasteiger partial charge in [-0.2, -0.15) is 0 Å². The Hall–Kier alpha value is -0.970. The summed E-state index contributed by atoms with van der Waals surface area (Å²) in [6, 6.07) is 6.06. The van der Waals surface area contributed by atoms with Crippen molar-refractivity contribution in [3.63, 3.8) is 0 Å². The Morgan fingerprint density at radius 1 is 1.32 bits per heavy atom. The molecule has 1 aromatic rings. The van der Waals surface area contributed by atoms with E-state index in [0.717, 1.165) is 45.0 Å². The molecule has 0 aliphatic carbocycles. The molecule has 106 valence electrons. The van der Waals surface area contributed by atoms with Crippen LogP contribution in [0.15, 0.2) is 24.4 Å². The molecule has 1 saturated heterocycles. The van der Waals surface area contributed by atoms with Gasteiger partial charge in [-0.3, -0.25) is 9.88 Å². The maximum absolute atomic E-state index is 4.32. The first-order valence-corrected chi connectivity index (χ1v) is 7.25. The highest BCUT2D eigenvalue weighted by atomic mass is 15.2. The number of nitrogens with one attached hydrogen (secondary N) is 2. The smallest absolute Gasteiger partial charge is 0.0541 e. The van der Waals surface area contributed by atoms with Crippen LogP contribution < -0.4 is 10.6 Å². The Morgan fingerprint density at radius 2 is 2.11 bits per heavy atom. The third kappa shape index (κ3) is 4.56. The average molecular weight is 262 g/mol. The van der Waals surface area contributed by atoms with Gasteiger partial charge in [0, 0.05) is 44.5 Å². The van der Waals surface area contributed by atoms with Gasteiger partial charge < -0.3 is 10.6 Å². The van der Waals surface area contributed by atoms with Gasteiger partial charge in [0.25, 0.3) is 0 Å². The average Bonchev–Trinajstić information content (AvgIpc) is 2.46. The summed E-state index contributed by atoms with van der Waals surface area (Å²) in [7, 11) is 0. The van der Waals surface area contributed by atoms with Crippen LogP contribution in [0, 0.1) is 0 Å². The zero-order valence-corrected chi connectivity index (χ0v) is 12.2. The quantitative estimate of drug-likeness (QED) is 0.757. The molecule has 4 heteroatoms. The van der Waals surface area contributed by atoms with Crippen LogP contribution in [0.1, 0.15) is 26.0 Å². The van der Waals surface area contributed by atoms with Gasteiger partial charge in [0.1, 0.15) is 0 Å². The van der Waals surface area contributed by atoms with Crippen molar-refractivity contribution < 1.29 is 0 Å². The van der Waals surface area contributed by atoms with E-state index in [0.29, 0.717) is 0 Å². The monoisotopic (exact) mass is 262 g/mol. The number of pyridine rings is 1. The predicted octanol–water partition coefficient (Wildman–Crippen LogP) is 1.25. The van der Waals surface area contributed by atoms with Gasteiger partial charge in [0.15, 0.2) is 0 Å². The molecule has 1 fully saturated rings. The van der Waals surface area contributed by atoms with Crippen molar-refractivity contribution >= 4 is 0 Å². The third-order valence-corrected chi connectivity index (χ3v) is 3.92. The molecule has 2 heterocycles. The highest BCUT2D eigenvalue weighted by Crippen LogP contribution is 2.18. The number of rotatable bonds is 6. The normalized spacial score (nSPS) is 17.6. The Bertz CT molecular complexity index is 358.